The van der Waals surface area contributed by atoms with Gasteiger partial charge in [0.25, 0.3) is 0 Å². The number of Topliss-reactive ketones (excluding diaryl/α,β-unsaturated/α-hetero) is 1. The number of piperidine rings is 1. The Hall–Kier alpha value is -1.59. The summed E-state index contributed by atoms with van der Waals surface area (Å²) in [5.74, 6) is -1.47. The number of amides is 1. The van der Waals surface area contributed by atoms with Crippen LogP contribution in [0.1, 0.15) is 26.7 Å². The van der Waals surface area contributed by atoms with E-state index in [-0.39, 0.29) is 24.4 Å². The predicted molar refractivity (Wildman–Crippen MR) is 67.5 cm³/mol. The van der Waals surface area contributed by atoms with Gasteiger partial charge in [0.2, 0.25) is 0 Å². The Morgan fingerprint density at radius 1 is 1.26 bits per heavy atom. The van der Waals surface area contributed by atoms with E-state index in [1.807, 2.05) is 0 Å². The molecule has 0 unspecified atom stereocenters. The Morgan fingerprint density at radius 3 is 2.32 bits per heavy atom. The lowest BCUT2D eigenvalue weighted by atomic mass is 9.86. The van der Waals surface area contributed by atoms with Gasteiger partial charge in [0.1, 0.15) is 11.7 Å². The minimum absolute atomic E-state index is 0.0945. The van der Waals surface area contributed by atoms with Gasteiger partial charge in [-0.3, -0.25) is 9.59 Å². The molecule has 0 aromatic rings. The van der Waals surface area contributed by atoms with E-state index >= 15 is 0 Å². The number of ether oxygens (including phenoxy) is 2. The third-order valence-electron chi connectivity index (χ3n) is 3.40. The Morgan fingerprint density at radius 2 is 1.84 bits per heavy atom. The van der Waals surface area contributed by atoms with Gasteiger partial charge in [0.05, 0.1) is 13.7 Å². The molecule has 1 amide bonds. The van der Waals surface area contributed by atoms with Gasteiger partial charge >= 0.3 is 12.1 Å². The highest BCUT2D eigenvalue weighted by atomic mass is 16.5. The maximum Gasteiger partial charge on any atom is 0.409 e. The minimum atomic E-state index is -0.727. The van der Waals surface area contributed by atoms with E-state index in [2.05, 4.69) is 4.74 Å². The van der Waals surface area contributed by atoms with Crippen molar-refractivity contribution in [1.29, 1.82) is 0 Å². The first-order valence-electron chi connectivity index (χ1n) is 6.54. The van der Waals surface area contributed by atoms with Crippen LogP contribution in [0, 0.1) is 11.8 Å². The molecule has 6 nitrogen and oxygen atoms in total. The fourth-order valence-electron chi connectivity index (χ4n) is 2.21. The molecule has 0 aliphatic carbocycles. The van der Waals surface area contributed by atoms with Crippen LogP contribution in [-0.2, 0) is 19.1 Å². The normalized spacial score (nSPS) is 17.7. The van der Waals surface area contributed by atoms with Crippen molar-refractivity contribution in [2.75, 3.05) is 26.8 Å². The molecule has 6 heteroatoms. The van der Waals surface area contributed by atoms with Crippen LogP contribution in [0.2, 0.25) is 0 Å². The van der Waals surface area contributed by atoms with E-state index in [0.717, 1.165) is 0 Å². The SMILES string of the molecule is CCOC(=O)[C@@H](C)C(=O)C1CCN(C(=O)OC)CC1. The molecule has 0 spiro atoms. The summed E-state index contributed by atoms with van der Waals surface area (Å²) in [4.78, 5) is 36.5. The molecule has 1 aliphatic rings. The molecule has 19 heavy (non-hydrogen) atoms. The topological polar surface area (TPSA) is 72.9 Å². The molecule has 1 saturated heterocycles. The maximum atomic E-state index is 12.1. The molecule has 0 aromatic carbocycles. The van der Waals surface area contributed by atoms with Crippen LogP contribution in [0.4, 0.5) is 4.79 Å². The van der Waals surface area contributed by atoms with Gasteiger partial charge in [-0.15, -0.1) is 0 Å². The van der Waals surface area contributed by atoms with E-state index in [1.54, 1.807) is 18.7 Å². The van der Waals surface area contributed by atoms with Crippen LogP contribution in [0.15, 0.2) is 0 Å². The van der Waals surface area contributed by atoms with Crippen LogP contribution in [0.3, 0.4) is 0 Å². The number of hydrogen-bond acceptors (Lipinski definition) is 5. The number of rotatable bonds is 4. The molecule has 1 aliphatic heterocycles. The summed E-state index contributed by atoms with van der Waals surface area (Å²) in [6.45, 7) is 4.53. The van der Waals surface area contributed by atoms with E-state index in [1.165, 1.54) is 7.11 Å². The second-order valence-corrected chi connectivity index (χ2v) is 4.61. The molecular formula is C13H21NO5. The van der Waals surface area contributed by atoms with Gasteiger partial charge < -0.3 is 14.4 Å². The predicted octanol–water partition coefficient (Wildman–Crippen LogP) is 1.23. The third-order valence-corrected chi connectivity index (χ3v) is 3.40. The Labute approximate surface area is 113 Å². The van der Waals surface area contributed by atoms with Crippen LogP contribution >= 0.6 is 0 Å². The molecular weight excluding hydrogens is 250 g/mol. The first-order chi connectivity index (χ1) is 9.01. The van der Waals surface area contributed by atoms with Crippen molar-refractivity contribution in [3.63, 3.8) is 0 Å². The minimum Gasteiger partial charge on any atom is -0.465 e. The van der Waals surface area contributed by atoms with Crippen molar-refractivity contribution < 1.29 is 23.9 Å². The van der Waals surface area contributed by atoms with Crippen LogP contribution in [0.5, 0.6) is 0 Å². The van der Waals surface area contributed by atoms with Crippen molar-refractivity contribution >= 4 is 17.8 Å². The van der Waals surface area contributed by atoms with Gasteiger partial charge in [0, 0.05) is 19.0 Å². The zero-order valence-electron chi connectivity index (χ0n) is 11.7. The van der Waals surface area contributed by atoms with Crippen LogP contribution in [-0.4, -0.2) is 49.6 Å². The average molecular weight is 271 g/mol. The van der Waals surface area contributed by atoms with Gasteiger partial charge in [-0.25, -0.2) is 4.79 Å². The summed E-state index contributed by atoms with van der Waals surface area (Å²) < 4.78 is 9.48. The van der Waals surface area contributed by atoms with Gasteiger partial charge in [-0.1, -0.05) is 0 Å². The lowest BCUT2D eigenvalue weighted by molar-refractivity contribution is -0.152. The highest BCUT2D eigenvalue weighted by Crippen LogP contribution is 2.22. The van der Waals surface area contributed by atoms with E-state index in [0.29, 0.717) is 25.9 Å². The van der Waals surface area contributed by atoms with Gasteiger partial charge in [0.15, 0.2) is 0 Å². The summed E-state index contributed by atoms with van der Waals surface area (Å²) in [6.07, 6.45) is 0.763. The van der Waals surface area contributed by atoms with Crippen LogP contribution < -0.4 is 0 Å². The quantitative estimate of drug-likeness (QED) is 0.568. The lowest BCUT2D eigenvalue weighted by Gasteiger charge is -2.30. The number of nitrogens with zero attached hydrogens (tertiary/aromatic N) is 1. The standard InChI is InChI=1S/C13H21NO5/c1-4-19-12(16)9(2)11(15)10-5-7-14(8-6-10)13(17)18-3/h9-10H,4-8H2,1-3H3/t9-/m0/s1. The van der Waals surface area contributed by atoms with Crippen LogP contribution in [0.25, 0.3) is 0 Å². The summed E-state index contributed by atoms with van der Waals surface area (Å²) in [5, 5.41) is 0. The number of hydrogen-bond donors (Lipinski definition) is 0. The first kappa shape index (κ1) is 15.5. The monoisotopic (exact) mass is 271 g/mol. The van der Waals surface area contributed by atoms with Crippen molar-refractivity contribution in [2.24, 2.45) is 11.8 Å². The van der Waals surface area contributed by atoms with E-state index in [4.69, 9.17) is 4.74 Å². The molecule has 0 radical (unpaired) electrons. The smallest absolute Gasteiger partial charge is 0.409 e. The summed E-state index contributed by atoms with van der Waals surface area (Å²) in [6, 6.07) is 0. The zero-order valence-corrected chi connectivity index (χ0v) is 11.7. The fourth-order valence-corrected chi connectivity index (χ4v) is 2.21. The second kappa shape index (κ2) is 7.11. The van der Waals surface area contributed by atoms with Crippen molar-refractivity contribution in [1.82, 2.24) is 4.90 Å². The molecule has 0 bridgehead atoms. The van der Waals surface area contributed by atoms with Crippen molar-refractivity contribution in [2.45, 2.75) is 26.7 Å². The second-order valence-electron chi connectivity index (χ2n) is 4.61. The van der Waals surface area contributed by atoms with E-state index in [9.17, 15) is 14.4 Å². The summed E-state index contributed by atoms with van der Waals surface area (Å²) >= 11 is 0. The molecule has 108 valence electrons. The van der Waals surface area contributed by atoms with Crippen molar-refractivity contribution in [3.05, 3.63) is 0 Å². The molecule has 1 atom stereocenters. The van der Waals surface area contributed by atoms with Gasteiger partial charge in [-0.2, -0.15) is 0 Å². The zero-order chi connectivity index (χ0) is 14.4. The Balaban J connectivity index is 2.48. The first-order valence-corrected chi connectivity index (χ1v) is 6.54. The number of methoxy groups -OCH3 is 1. The average Bonchev–Trinajstić information content (AvgIpc) is 2.45. The largest absolute Gasteiger partial charge is 0.465 e. The fraction of sp³-hybridized carbons (Fsp3) is 0.769. The van der Waals surface area contributed by atoms with E-state index < -0.39 is 11.9 Å². The number of ketones is 1. The highest BCUT2D eigenvalue weighted by Gasteiger charge is 2.33. The number of likely N-dealkylation sites (tertiary alicyclic amines) is 1. The summed E-state index contributed by atoms with van der Waals surface area (Å²) in [5.41, 5.74) is 0. The number of carbonyl (C=O) groups excluding carboxylic acids is 3. The molecule has 1 fully saturated rings. The molecule has 1 rings (SSSR count). The Kier molecular flexibility index (Phi) is 5.79. The number of esters is 1. The molecule has 1 heterocycles. The molecule has 0 saturated carbocycles. The third kappa shape index (κ3) is 3.94. The summed E-state index contributed by atoms with van der Waals surface area (Å²) in [7, 11) is 1.34. The molecule has 0 aromatic heterocycles. The number of carbonyl (C=O) groups is 3. The lowest BCUT2D eigenvalue weighted by Crippen LogP contribution is -2.42. The highest BCUT2D eigenvalue weighted by molar-refractivity contribution is 5.99. The van der Waals surface area contributed by atoms with Crippen molar-refractivity contribution in [3.8, 4) is 0 Å². The Bertz CT molecular complexity index is 347. The van der Waals surface area contributed by atoms with Gasteiger partial charge in [-0.05, 0) is 26.7 Å². The maximum absolute atomic E-state index is 12.1. The molecule has 0 N–H and O–H groups in total.